The second-order valence-corrected chi connectivity index (χ2v) is 9.67. The lowest BCUT2D eigenvalue weighted by molar-refractivity contribution is -0.139. The van der Waals surface area contributed by atoms with Gasteiger partial charge in [0.25, 0.3) is 0 Å². The number of allylic oxidation sites excluding steroid dienone is 2. The molecule has 0 heterocycles. The molecular weight excluding hydrogens is 550 g/mol. The van der Waals surface area contributed by atoms with Crippen LogP contribution in [0, 0.1) is 40.8 Å². The van der Waals surface area contributed by atoms with Gasteiger partial charge in [0.15, 0.2) is 34.8 Å². The van der Waals surface area contributed by atoms with Crippen molar-refractivity contribution in [1.29, 1.82) is 0 Å². The van der Waals surface area contributed by atoms with Crippen molar-refractivity contribution in [3.8, 4) is 22.6 Å². The average Bonchev–Trinajstić information content (AvgIpc) is 2.96. The van der Waals surface area contributed by atoms with Gasteiger partial charge < -0.3 is 14.6 Å². The average molecular weight is 579 g/mol. The van der Waals surface area contributed by atoms with Crippen molar-refractivity contribution in [2.24, 2.45) is 5.92 Å². The zero-order chi connectivity index (χ0) is 29.8. The van der Waals surface area contributed by atoms with Crippen molar-refractivity contribution >= 4 is 11.5 Å². The number of carbonyl (C=O) groups is 1. The Morgan fingerprint density at radius 1 is 0.829 bits per heavy atom. The van der Waals surface area contributed by atoms with E-state index in [0.717, 1.165) is 24.3 Å². The molecule has 0 amide bonds. The van der Waals surface area contributed by atoms with Gasteiger partial charge in [0, 0.05) is 22.3 Å². The molecule has 218 valence electrons. The first-order valence-electron chi connectivity index (χ1n) is 13.2. The number of ether oxygens (including phenoxy) is 2. The lowest BCUT2D eigenvalue weighted by atomic mass is 9.86. The number of esters is 1. The zero-order valence-corrected chi connectivity index (χ0v) is 22.4. The summed E-state index contributed by atoms with van der Waals surface area (Å²) in [6, 6.07) is 6.78. The number of carbonyl (C=O) groups excluding carboxylic acids is 1. The number of benzene rings is 3. The minimum atomic E-state index is -1.56. The maximum absolute atomic E-state index is 14.9. The third kappa shape index (κ3) is 6.12. The van der Waals surface area contributed by atoms with Gasteiger partial charge in [-0.25, -0.2) is 17.6 Å². The number of hydrogen-bond donors (Lipinski definition) is 1. The van der Waals surface area contributed by atoms with Crippen LogP contribution in [0.2, 0.25) is 0 Å². The molecule has 10 heteroatoms. The third-order valence-corrected chi connectivity index (χ3v) is 7.02. The fraction of sp³-hybridized carbons (Fsp3) is 0.323. The highest BCUT2D eigenvalue weighted by atomic mass is 19.2. The molecule has 0 fully saturated rings. The minimum absolute atomic E-state index is 0.0171. The van der Waals surface area contributed by atoms with E-state index in [0.29, 0.717) is 12.0 Å². The Morgan fingerprint density at radius 3 is 2.00 bits per heavy atom. The molecular formula is C31H28F6O4. The molecule has 1 aliphatic rings. The van der Waals surface area contributed by atoms with Gasteiger partial charge in [-0.1, -0.05) is 31.6 Å². The van der Waals surface area contributed by atoms with Crippen LogP contribution in [0.3, 0.4) is 0 Å². The highest BCUT2D eigenvalue weighted by molar-refractivity contribution is 5.78. The van der Waals surface area contributed by atoms with E-state index in [-0.39, 0.29) is 49.2 Å². The van der Waals surface area contributed by atoms with Gasteiger partial charge in [-0.3, -0.25) is 4.79 Å². The summed E-state index contributed by atoms with van der Waals surface area (Å²) in [5.41, 5.74) is -0.755. The Kier molecular flexibility index (Phi) is 9.42. The molecule has 1 aliphatic carbocycles. The second-order valence-electron chi connectivity index (χ2n) is 9.67. The van der Waals surface area contributed by atoms with Crippen molar-refractivity contribution in [3.63, 3.8) is 0 Å². The van der Waals surface area contributed by atoms with Crippen molar-refractivity contribution in [3.05, 3.63) is 88.5 Å². The smallest absolute Gasteiger partial charge is 0.314 e. The van der Waals surface area contributed by atoms with Crippen LogP contribution in [0.1, 0.15) is 63.2 Å². The first kappa shape index (κ1) is 30.2. The van der Waals surface area contributed by atoms with Gasteiger partial charge in [0.05, 0.1) is 18.6 Å². The third-order valence-electron chi connectivity index (χ3n) is 7.02. The van der Waals surface area contributed by atoms with Crippen LogP contribution in [-0.2, 0) is 4.79 Å². The van der Waals surface area contributed by atoms with Gasteiger partial charge in [0.2, 0.25) is 11.6 Å². The summed E-state index contributed by atoms with van der Waals surface area (Å²) < 4.78 is 97.8. The van der Waals surface area contributed by atoms with Crippen LogP contribution in [0.4, 0.5) is 26.3 Å². The topological polar surface area (TPSA) is 55.8 Å². The zero-order valence-electron chi connectivity index (χ0n) is 22.4. The molecule has 41 heavy (non-hydrogen) atoms. The monoisotopic (exact) mass is 578 g/mol. The number of rotatable bonds is 9. The second kappa shape index (κ2) is 12.8. The molecule has 4 nitrogen and oxygen atoms in total. The molecule has 0 radical (unpaired) electrons. The maximum atomic E-state index is 14.9. The number of halogens is 6. The molecule has 1 N–H and O–H groups in total. The molecule has 4 rings (SSSR count). The van der Waals surface area contributed by atoms with E-state index in [9.17, 15) is 36.2 Å². The Labute approximate surface area is 233 Å². The number of aliphatic hydroxyl groups is 1. The first-order valence-corrected chi connectivity index (χ1v) is 13.2. The lowest BCUT2D eigenvalue weighted by Gasteiger charge is -2.22. The Balaban J connectivity index is 1.48. The van der Waals surface area contributed by atoms with E-state index < -0.39 is 69.8 Å². The van der Waals surface area contributed by atoms with Crippen molar-refractivity contribution in [2.75, 3.05) is 6.61 Å². The fourth-order valence-corrected chi connectivity index (χ4v) is 4.81. The van der Waals surface area contributed by atoms with Gasteiger partial charge in [0.1, 0.15) is 0 Å². The van der Waals surface area contributed by atoms with E-state index in [1.54, 1.807) is 13.0 Å². The molecule has 2 unspecified atom stereocenters. The van der Waals surface area contributed by atoms with Crippen LogP contribution in [0.15, 0.2) is 42.5 Å². The van der Waals surface area contributed by atoms with Crippen molar-refractivity contribution < 1.29 is 45.7 Å². The number of aliphatic hydroxyl groups excluding tert-OH is 1. The van der Waals surface area contributed by atoms with E-state index in [4.69, 9.17) is 9.47 Å². The van der Waals surface area contributed by atoms with Gasteiger partial charge >= 0.3 is 5.97 Å². The van der Waals surface area contributed by atoms with Gasteiger partial charge in [-0.05, 0) is 62.4 Å². The molecule has 3 aromatic rings. The fourth-order valence-electron chi connectivity index (χ4n) is 4.81. The molecule has 2 atom stereocenters. The summed E-state index contributed by atoms with van der Waals surface area (Å²) in [7, 11) is 0. The van der Waals surface area contributed by atoms with Crippen molar-refractivity contribution in [1.82, 2.24) is 0 Å². The highest BCUT2D eigenvalue weighted by Gasteiger charge is 2.29. The largest absolute Gasteiger partial charge is 0.491 e. The van der Waals surface area contributed by atoms with Crippen LogP contribution >= 0.6 is 0 Å². The van der Waals surface area contributed by atoms with Crippen LogP contribution in [-0.4, -0.2) is 17.7 Å². The Bertz CT molecular complexity index is 1490. The van der Waals surface area contributed by atoms with E-state index in [1.807, 2.05) is 6.92 Å². The van der Waals surface area contributed by atoms with E-state index >= 15 is 0 Å². The molecule has 0 saturated carbocycles. The van der Waals surface area contributed by atoms with E-state index in [1.165, 1.54) is 12.1 Å². The molecule has 0 bridgehead atoms. The van der Waals surface area contributed by atoms with Crippen LogP contribution < -0.4 is 9.47 Å². The SMILES string of the molecule is CCCC(O)c1ccc(C2=CCC(C(=O)Oc3ccc(-c4ccc(OCC)c(F)c4F)c(F)c3F)CC2)c(F)c1F. The summed E-state index contributed by atoms with van der Waals surface area (Å²) in [5, 5.41) is 10.0. The number of hydrogen-bond acceptors (Lipinski definition) is 4. The Hall–Kier alpha value is -3.79. The van der Waals surface area contributed by atoms with Gasteiger partial charge in [-0.2, -0.15) is 8.78 Å². The molecule has 0 spiro atoms. The molecule has 0 saturated heterocycles. The van der Waals surface area contributed by atoms with Crippen molar-refractivity contribution in [2.45, 2.75) is 52.1 Å². The first-order chi connectivity index (χ1) is 19.6. The summed E-state index contributed by atoms with van der Waals surface area (Å²) in [6.07, 6.45) is 1.74. The normalized spacial score (nSPS) is 15.8. The van der Waals surface area contributed by atoms with Crippen LogP contribution in [0.25, 0.3) is 16.7 Å². The highest BCUT2D eigenvalue weighted by Crippen LogP contribution is 2.37. The molecule has 0 aliphatic heterocycles. The minimum Gasteiger partial charge on any atom is -0.491 e. The summed E-state index contributed by atoms with van der Waals surface area (Å²) in [4.78, 5) is 12.7. The predicted octanol–water partition coefficient (Wildman–Crippen LogP) is 8.21. The van der Waals surface area contributed by atoms with Gasteiger partial charge in [-0.15, -0.1) is 0 Å². The standard InChI is InChI=1S/C31H28F6O4/c1-3-5-22(38)21-11-10-18(25(32)28(21)35)16-6-8-17(9-7-16)31(39)41-24-15-13-20(27(34)30(24)37)19-12-14-23(40-4-2)29(36)26(19)33/h6,10-15,17,22,38H,3-5,7-9H2,1-2H3. The quantitative estimate of drug-likeness (QED) is 0.158. The molecule has 0 aromatic heterocycles. The Morgan fingerprint density at radius 2 is 1.41 bits per heavy atom. The lowest BCUT2D eigenvalue weighted by Crippen LogP contribution is -2.23. The maximum Gasteiger partial charge on any atom is 0.314 e. The summed E-state index contributed by atoms with van der Waals surface area (Å²) >= 11 is 0. The summed E-state index contributed by atoms with van der Waals surface area (Å²) in [6.45, 7) is 3.46. The summed E-state index contributed by atoms with van der Waals surface area (Å²) in [5.74, 6) is -10.8. The van der Waals surface area contributed by atoms with E-state index in [2.05, 4.69) is 0 Å². The molecule has 3 aromatic carbocycles. The van der Waals surface area contributed by atoms with Crippen LogP contribution in [0.5, 0.6) is 11.5 Å². The predicted molar refractivity (Wildman–Crippen MR) is 140 cm³/mol.